The van der Waals surface area contributed by atoms with Gasteiger partial charge < -0.3 is 9.14 Å². The molecule has 0 atom stereocenters. The molecule has 0 saturated heterocycles. The third-order valence-corrected chi connectivity index (χ3v) is 4.24. The molecular formula is C19H18ClNO2. The van der Waals surface area contributed by atoms with Gasteiger partial charge in [-0.3, -0.25) is 4.79 Å². The van der Waals surface area contributed by atoms with Gasteiger partial charge >= 0.3 is 0 Å². The number of halogens is 1. The minimum Gasteiger partial charge on any atom is -0.494 e. The van der Waals surface area contributed by atoms with Gasteiger partial charge in [-0.05, 0) is 49.2 Å². The van der Waals surface area contributed by atoms with E-state index in [4.69, 9.17) is 16.3 Å². The summed E-state index contributed by atoms with van der Waals surface area (Å²) in [5.74, 6) is 0.728. The van der Waals surface area contributed by atoms with Crippen LogP contribution in [0.25, 0.3) is 16.6 Å². The number of nitrogens with zero attached hydrogens (tertiary/aromatic N) is 1. The van der Waals surface area contributed by atoms with E-state index in [1.54, 1.807) is 6.07 Å². The number of aldehydes is 1. The van der Waals surface area contributed by atoms with Crippen molar-refractivity contribution in [1.82, 2.24) is 4.40 Å². The van der Waals surface area contributed by atoms with Crippen molar-refractivity contribution in [1.29, 1.82) is 0 Å². The second-order valence-corrected chi connectivity index (χ2v) is 5.73. The molecule has 0 bridgehead atoms. The highest BCUT2D eigenvalue weighted by molar-refractivity contribution is 6.33. The van der Waals surface area contributed by atoms with Crippen LogP contribution in [0.2, 0.25) is 5.02 Å². The summed E-state index contributed by atoms with van der Waals surface area (Å²) in [4.78, 5) is 11.7. The summed E-state index contributed by atoms with van der Waals surface area (Å²) >= 11 is 6.41. The van der Waals surface area contributed by atoms with Gasteiger partial charge in [0, 0.05) is 22.8 Å². The standard InChI is InChI=1S/C19H18ClNO2/c1-3-13-5-6-14-9-17(19(12-22)21(14)11-13)16-8-7-15(23-4-2)10-18(16)20/h5-12H,3-4H2,1-2H3. The lowest BCUT2D eigenvalue weighted by molar-refractivity contribution is 0.111. The highest BCUT2D eigenvalue weighted by atomic mass is 35.5. The van der Waals surface area contributed by atoms with Gasteiger partial charge in [0.25, 0.3) is 0 Å². The van der Waals surface area contributed by atoms with Crippen molar-refractivity contribution in [3.8, 4) is 16.9 Å². The zero-order valence-corrected chi connectivity index (χ0v) is 13.9. The van der Waals surface area contributed by atoms with Gasteiger partial charge in [-0.25, -0.2) is 0 Å². The molecule has 3 aromatic rings. The number of benzene rings is 1. The number of carbonyl (C=O) groups is 1. The molecule has 2 heterocycles. The van der Waals surface area contributed by atoms with E-state index < -0.39 is 0 Å². The van der Waals surface area contributed by atoms with E-state index in [9.17, 15) is 4.79 Å². The summed E-state index contributed by atoms with van der Waals surface area (Å²) < 4.78 is 7.39. The van der Waals surface area contributed by atoms with Crippen molar-refractivity contribution in [2.24, 2.45) is 0 Å². The van der Waals surface area contributed by atoms with Crippen molar-refractivity contribution in [3.05, 3.63) is 58.9 Å². The Kier molecular flexibility index (Phi) is 4.39. The number of ether oxygens (including phenoxy) is 1. The Morgan fingerprint density at radius 3 is 2.61 bits per heavy atom. The van der Waals surface area contributed by atoms with E-state index in [-0.39, 0.29) is 0 Å². The average Bonchev–Trinajstić information content (AvgIpc) is 2.92. The Hall–Kier alpha value is -2.26. The first kappa shape index (κ1) is 15.6. The van der Waals surface area contributed by atoms with Gasteiger partial charge in [0.1, 0.15) is 5.75 Å². The predicted octanol–water partition coefficient (Wildman–Crippen LogP) is 5.03. The normalized spacial score (nSPS) is 10.9. The number of fused-ring (bicyclic) bond motifs is 1. The second-order valence-electron chi connectivity index (χ2n) is 5.32. The van der Waals surface area contributed by atoms with E-state index in [2.05, 4.69) is 13.0 Å². The van der Waals surface area contributed by atoms with E-state index in [1.165, 1.54) is 5.56 Å². The zero-order chi connectivity index (χ0) is 16.4. The quantitative estimate of drug-likeness (QED) is 0.615. The Morgan fingerprint density at radius 1 is 1.13 bits per heavy atom. The van der Waals surface area contributed by atoms with Crippen LogP contribution in [0.15, 0.2) is 42.6 Å². The Balaban J connectivity index is 2.18. The first-order valence-electron chi connectivity index (χ1n) is 7.69. The van der Waals surface area contributed by atoms with Crippen molar-refractivity contribution in [3.63, 3.8) is 0 Å². The fraction of sp³-hybridized carbons (Fsp3) is 0.211. The maximum absolute atomic E-state index is 11.7. The van der Waals surface area contributed by atoms with Gasteiger partial charge in [0.05, 0.1) is 17.3 Å². The molecule has 3 nitrogen and oxygen atoms in total. The molecule has 0 saturated carbocycles. The van der Waals surface area contributed by atoms with Gasteiger partial charge in [-0.1, -0.05) is 24.6 Å². The van der Waals surface area contributed by atoms with Crippen LogP contribution in [-0.4, -0.2) is 17.3 Å². The predicted molar refractivity (Wildman–Crippen MR) is 93.8 cm³/mol. The van der Waals surface area contributed by atoms with Crippen LogP contribution in [0.5, 0.6) is 5.75 Å². The zero-order valence-electron chi connectivity index (χ0n) is 13.2. The minimum atomic E-state index is 0.575. The molecule has 0 amide bonds. The maximum Gasteiger partial charge on any atom is 0.167 e. The molecule has 2 aromatic heterocycles. The highest BCUT2D eigenvalue weighted by Gasteiger charge is 2.15. The number of aryl methyl sites for hydroxylation is 1. The summed E-state index contributed by atoms with van der Waals surface area (Å²) in [6.45, 7) is 4.61. The number of hydrogen-bond donors (Lipinski definition) is 0. The van der Waals surface area contributed by atoms with Crippen LogP contribution in [0, 0.1) is 0 Å². The molecule has 118 valence electrons. The molecule has 0 radical (unpaired) electrons. The van der Waals surface area contributed by atoms with Crippen LogP contribution in [0.4, 0.5) is 0 Å². The fourth-order valence-corrected chi connectivity index (χ4v) is 3.02. The third-order valence-electron chi connectivity index (χ3n) is 3.93. The third kappa shape index (κ3) is 2.84. The lowest BCUT2D eigenvalue weighted by Gasteiger charge is -2.07. The molecule has 1 aromatic carbocycles. The second kappa shape index (κ2) is 6.47. The number of aromatic nitrogens is 1. The molecule has 23 heavy (non-hydrogen) atoms. The molecule has 3 rings (SSSR count). The number of carbonyl (C=O) groups excluding carboxylic acids is 1. The van der Waals surface area contributed by atoms with Crippen molar-refractivity contribution >= 4 is 23.4 Å². The molecular weight excluding hydrogens is 310 g/mol. The lowest BCUT2D eigenvalue weighted by atomic mass is 10.1. The Labute approximate surface area is 140 Å². The number of hydrogen-bond acceptors (Lipinski definition) is 2. The van der Waals surface area contributed by atoms with Gasteiger partial charge in [-0.2, -0.15) is 0 Å². The van der Waals surface area contributed by atoms with Gasteiger partial charge in [-0.15, -0.1) is 0 Å². The number of rotatable bonds is 5. The van der Waals surface area contributed by atoms with E-state index >= 15 is 0 Å². The van der Waals surface area contributed by atoms with Crippen molar-refractivity contribution in [2.75, 3.05) is 6.61 Å². The van der Waals surface area contributed by atoms with Crippen LogP contribution < -0.4 is 4.74 Å². The molecule has 0 spiro atoms. The topological polar surface area (TPSA) is 30.7 Å². The summed E-state index contributed by atoms with van der Waals surface area (Å²) in [5, 5.41) is 0.575. The summed E-state index contributed by atoms with van der Waals surface area (Å²) in [5.41, 5.74) is 4.44. The monoisotopic (exact) mass is 327 g/mol. The van der Waals surface area contributed by atoms with Crippen molar-refractivity contribution in [2.45, 2.75) is 20.3 Å². The lowest BCUT2D eigenvalue weighted by Crippen LogP contribution is -1.95. The maximum atomic E-state index is 11.7. The molecule has 0 unspecified atom stereocenters. The molecule has 4 heteroatoms. The SMILES string of the molecule is CCOc1ccc(-c2cc3ccc(CC)cn3c2C=O)c(Cl)c1. The summed E-state index contributed by atoms with van der Waals surface area (Å²) in [7, 11) is 0. The summed E-state index contributed by atoms with van der Waals surface area (Å²) in [6.07, 6.45) is 3.81. The van der Waals surface area contributed by atoms with Crippen molar-refractivity contribution < 1.29 is 9.53 Å². The molecule has 0 fully saturated rings. The minimum absolute atomic E-state index is 0.575. The smallest absolute Gasteiger partial charge is 0.167 e. The summed E-state index contributed by atoms with van der Waals surface area (Å²) in [6, 6.07) is 11.7. The first-order chi connectivity index (χ1) is 11.2. The first-order valence-corrected chi connectivity index (χ1v) is 8.07. The average molecular weight is 328 g/mol. The van der Waals surface area contributed by atoms with Crippen LogP contribution >= 0.6 is 11.6 Å². The number of pyridine rings is 1. The van der Waals surface area contributed by atoms with E-state index in [0.29, 0.717) is 17.3 Å². The van der Waals surface area contributed by atoms with Crippen LogP contribution in [-0.2, 0) is 6.42 Å². The van der Waals surface area contributed by atoms with Crippen LogP contribution in [0.1, 0.15) is 29.9 Å². The fourth-order valence-electron chi connectivity index (χ4n) is 2.75. The van der Waals surface area contributed by atoms with Gasteiger partial charge in [0.2, 0.25) is 0 Å². The highest BCUT2D eigenvalue weighted by Crippen LogP contribution is 2.34. The van der Waals surface area contributed by atoms with E-state index in [1.807, 2.05) is 41.8 Å². The Morgan fingerprint density at radius 2 is 1.96 bits per heavy atom. The molecule has 0 aliphatic carbocycles. The molecule has 0 aliphatic rings. The molecule has 0 N–H and O–H groups in total. The van der Waals surface area contributed by atoms with Gasteiger partial charge in [0.15, 0.2) is 6.29 Å². The Bertz CT molecular complexity index is 867. The molecule has 0 aliphatic heterocycles. The van der Waals surface area contributed by atoms with E-state index in [0.717, 1.165) is 35.1 Å². The van der Waals surface area contributed by atoms with Crippen LogP contribution in [0.3, 0.4) is 0 Å². The largest absolute Gasteiger partial charge is 0.494 e.